The normalized spacial score (nSPS) is 11.9. The number of amides is 2. The van der Waals surface area contributed by atoms with Crippen molar-refractivity contribution in [2.45, 2.75) is 33.2 Å². The number of likely N-dealkylation sites (N-methyl/N-ethyl adjacent to an activating group) is 1. The Hall–Kier alpha value is -3.52. The van der Waals surface area contributed by atoms with Gasteiger partial charge in [-0.3, -0.25) is 9.59 Å². The van der Waals surface area contributed by atoms with Gasteiger partial charge in [-0.2, -0.15) is 0 Å². The van der Waals surface area contributed by atoms with Gasteiger partial charge in [0.05, 0.1) is 7.11 Å². The predicted octanol–water partition coefficient (Wildman–Crippen LogP) is 3.58. The molecule has 3 rings (SSSR count). The van der Waals surface area contributed by atoms with Crippen LogP contribution in [0.2, 0.25) is 0 Å². The molecule has 8 nitrogen and oxygen atoms in total. The van der Waals surface area contributed by atoms with Gasteiger partial charge in [0.1, 0.15) is 12.6 Å². The first-order valence-electron chi connectivity index (χ1n) is 11.6. The number of hydrogen-bond acceptors (Lipinski definition) is 5. The molecule has 1 unspecified atom stereocenters. The summed E-state index contributed by atoms with van der Waals surface area (Å²) in [6.07, 6.45) is 2.24. The Kier molecular flexibility index (Phi) is 8.93. The molecule has 1 atom stereocenters. The summed E-state index contributed by atoms with van der Waals surface area (Å²) in [6, 6.07) is 12.4. The minimum Gasteiger partial charge on any atom is -0.493 e. The van der Waals surface area contributed by atoms with Crippen LogP contribution in [0.15, 0.2) is 48.7 Å². The SMILES string of the molecule is CCN(CC)CCOc1cc(NC(=O)C(Cc2c[nH]c3ccccc23)NC(C)=O)ccc1OC. The first kappa shape index (κ1) is 25.1. The van der Waals surface area contributed by atoms with Crippen LogP contribution >= 0.6 is 0 Å². The number of carbonyl (C=O) groups excluding carboxylic acids is 2. The van der Waals surface area contributed by atoms with Gasteiger partial charge in [-0.25, -0.2) is 0 Å². The maximum Gasteiger partial charge on any atom is 0.247 e. The number of methoxy groups -OCH3 is 1. The minimum atomic E-state index is -0.731. The average Bonchev–Trinajstić information content (AvgIpc) is 3.24. The second-order valence-electron chi connectivity index (χ2n) is 8.05. The Morgan fingerprint density at radius 2 is 1.85 bits per heavy atom. The third-order valence-corrected chi connectivity index (χ3v) is 5.78. The van der Waals surface area contributed by atoms with Crippen LogP contribution in [0.3, 0.4) is 0 Å². The van der Waals surface area contributed by atoms with Gasteiger partial charge < -0.3 is 30.0 Å². The van der Waals surface area contributed by atoms with Crippen molar-refractivity contribution in [2.75, 3.05) is 38.7 Å². The molecular weight excluding hydrogens is 432 g/mol. The zero-order chi connectivity index (χ0) is 24.5. The molecule has 34 heavy (non-hydrogen) atoms. The summed E-state index contributed by atoms with van der Waals surface area (Å²) in [7, 11) is 1.58. The lowest BCUT2D eigenvalue weighted by atomic mass is 10.0. The summed E-state index contributed by atoms with van der Waals surface area (Å²) in [5, 5.41) is 6.71. The van der Waals surface area contributed by atoms with Crippen LogP contribution in [0.25, 0.3) is 10.9 Å². The number of benzene rings is 2. The summed E-state index contributed by atoms with van der Waals surface area (Å²) in [6.45, 7) is 8.84. The van der Waals surface area contributed by atoms with Crippen LogP contribution < -0.4 is 20.1 Å². The van der Waals surface area contributed by atoms with Crippen molar-refractivity contribution in [1.82, 2.24) is 15.2 Å². The van der Waals surface area contributed by atoms with Crippen LogP contribution in [0, 0.1) is 0 Å². The summed E-state index contributed by atoms with van der Waals surface area (Å²) >= 11 is 0. The van der Waals surface area contributed by atoms with Gasteiger partial charge in [0, 0.05) is 48.7 Å². The minimum absolute atomic E-state index is 0.268. The van der Waals surface area contributed by atoms with Gasteiger partial charge in [-0.05, 0) is 36.9 Å². The van der Waals surface area contributed by atoms with Crippen LogP contribution in [-0.2, 0) is 16.0 Å². The van der Waals surface area contributed by atoms with Gasteiger partial charge in [-0.1, -0.05) is 32.0 Å². The molecule has 0 aliphatic rings. The number of anilines is 1. The standard InChI is InChI=1S/C26H34N4O4/c1-5-30(6-2)13-14-34-25-16-20(11-12-24(25)33-4)29-26(32)23(28-18(3)31)15-19-17-27-22-10-8-7-9-21(19)22/h7-12,16-17,23,27H,5-6,13-15H2,1-4H3,(H,28,31)(H,29,32). The van der Waals surface area contributed by atoms with Gasteiger partial charge in [0.2, 0.25) is 11.8 Å². The van der Waals surface area contributed by atoms with Gasteiger partial charge in [0.15, 0.2) is 11.5 Å². The molecule has 2 aromatic carbocycles. The Balaban J connectivity index is 1.73. The van der Waals surface area contributed by atoms with Gasteiger partial charge in [0.25, 0.3) is 0 Å². The van der Waals surface area contributed by atoms with E-state index >= 15 is 0 Å². The van der Waals surface area contributed by atoms with E-state index in [2.05, 4.69) is 34.4 Å². The molecule has 0 saturated carbocycles. The Morgan fingerprint density at radius 1 is 1.09 bits per heavy atom. The van der Waals surface area contributed by atoms with Crippen LogP contribution in [0.1, 0.15) is 26.3 Å². The molecule has 0 saturated heterocycles. The van der Waals surface area contributed by atoms with E-state index in [9.17, 15) is 9.59 Å². The molecule has 1 aromatic heterocycles. The van der Waals surface area contributed by atoms with E-state index in [0.717, 1.165) is 36.1 Å². The monoisotopic (exact) mass is 466 g/mol. The lowest BCUT2D eigenvalue weighted by molar-refractivity contribution is -0.125. The second-order valence-corrected chi connectivity index (χ2v) is 8.05. The quantitative estimate of drug-likeness (QED) is 0.379. The number of aromatic amines is 1. The highest BCUT2D eigenvalue weighted by Crippen LogP contribution is 2.30. The molecule has 0 aliphatic heterocycles. The topological polar surface area (TPSA) is 95.7 Å². The molecule has 1 heterocycles. The Bertz CT molecular complexity index is 1110. The largest absolute Gasteiger partial charge is 0.493 e. The predicted molar refractivity (Wildman–Crippen MR) is 135 cm³/mol. The number of aromatic nitrogens is 1. The van der Waals surface area contributed by atoms with E-state index in [1.807, 2.05) is 30.5 Å². The lowest BCUT2D eigenvalue weighted by Gasteiger charge is -2.20. The number of nitrogens with zero attached hydrogens (tertiary/aromatic N) is 1. The number of hydrogen-bond donors (Lipinski definition) is 3. The third-order valence-electron chi connectivity index (χ3n) is 5.78. The fraction of sp³-hybridized carbons (Fsp3) is 0.385. The fourth-order valence-electron chi connectivity index (χ4n) is 3.90. The third kappa shape index (κ3) is 6.51. The van der Waals surface area contributed by atoms with Crippen molar-refractivity contribution in [2.24, 2.45) is 0 Å². The lowest BCUT2D eigenvalue weighted by Crippen LogP contribution is -2.44. The van der Waals surface area contributed by atoms with E-state index in [1.165, 1.54) is 6.92 Å². The first-order valence-corrected chi connectivity index (χ1v) is 11.6. The molecule has 3 aromatic rings. The molecule has 0 bridgehead atoms. The van der Waals surface area contributed by atoms with Crippen LogP contribution in [0.4, 0.5) is 5.69 Å². The van der Waals surface area contributed by atoms with E-state index < -0.39 is 6.04 Å². The highest BCUT2D eigenvalue weighted by Gasteiger charge is 2.22. The molecule has 2 amide bonds. The molecule has 0 radical (unpaired) electrons. The van der Waals surface area contributed by atoms with Crippen LogP contribution in [-0.4, -0.2) is 61.1 Å². The summed E-state index contributed by atoms with van der Waals surface area (Å²) in [5.41, 5.74) is 2.51. The molecule has 182 valence electrons. The molecule has 0 aliphatic carbocycles. The Labute approximate surface area is 200 Å². The number of para-hydroxylation sites is 1. The van der Waals surface area contributed by atoms with E-state index in [-0.39, 0.29) is 11.8 Å². The van der Waals surface area contributed by atoms with Crippen molar-refractivity contribution >= 4 is 28.4 Å². The highest BCUT2D eigenvalue weighted by molar-refractivity contribution is 5.98. The van der Waals surface area contributed by atoms with Crippen molar-refractivity contribution in [3.63, 3.8) is 0 Å². The van der Waals surface area contributed by atoms with Crippen molar-refractivity contribution < 1.29 is 19.1 Å². The van der Waals surface area contributed by atoms with E-state index in [4.69, 9.17) is 9.47 Å². The number of nitrogens with one attached hydrogen (secondary N) is 3. The van der Waals surface area contributed by atoms with Crippen molar-refractivity contribution in [3.8, 4) is 11.5 Å². The summed E-state index contributed by atoms with van der Waals surface area (Å²) in [4.78, 5) is 30.4. The highest BCUT2D eigenvalue weighted by atomic mass is 16.5. The first-order chi connectivity index (χ1) is 16.4. The van der Waals surface area contributed by atoms with Crippen molar-refractivity contribution in [1.29, 1.82) is 0 Å². The Morgan fingerprint density at radius 3 is 2.56 bits per heavy atom. The molecular formula is C26H34N4O4. The smallest absolute Gasteiger partial charge is 0.247 e. The zero-order valence-electron chi connectivity index (χ0n) is 20.3. The molecule has 3 N–H and O–H groups in total. The summed E-state index contributed by atoms with van der Waals surface area (Å²) < 4.78 is 11.4. The fourth-order valence-corrected chi connectivity index (χ4v) is 3.90. The van der Waals surface area contributed by atoms with E-state index in [0.29, 0.717) is 30.2 Å². The second kappa shape index (κ2) is 12.1. The number of ether oxygens (including phenoxy) is 2. The summed E-state index contributed by atoms with van der Waals surface area (Å²) in [5.74, 6) is 0.574. The zero-order valence-corrected chi connectivity index (χ0v) is 20.3. The average molecular weight is 467 g/mol. The molecule has 8 heteroatoms. The van der Waals surface area contributed by atoms with E-state index in [1.54, 1.807) is 25.3 Å². The number of H-pyrrole nitrogens is 1. The molecule has 0 fully saturated rings. The van der Waals surface area contributed by atoms with Gasteiger partial charge in [-0.15, -0.1) is 0 Å². The number of carbonyl (C=O) groups is 2. The van der Waals surface area contributed by atoms with Gasteiger partial charge >= 0.3 is 0 Å². The maximum absolute atomic E-state index is 13.1. The van der Waals surface area contributed by atoms with Crippen LogP contribution in [0.5, 0.6) is 11.5 Å². The van der Waals surface area contributed by atoms with Crippen molar-refractivity contribution in [3.05, 3.63) is 54.2 Å². The molecule has 0 spiro atoms. The number of fused-ring (bicyclic) bond motifs is 1. The number of rotatable bonds is 12. The maximum atomic E-state index is 13.1.